The van der Waals surface area contributed by atoms with E-state index in [-0.39, 0.29) is 50.7 Å². The van der Waals surface area contributed by atoms with E-state index >= 15 is 0 Å². The van der Waals surface area contributed by atoms with Crippen LogP contribution in [0.5, 0.6) is 5.75 Å². The largest absolute Gasteiger partial charge is 0.496 e. The molecular formula is C27H31FN6O5S2. The molecule has 1 aromatic carbocycles. The zero-order valence-electron chi connectivity index (χ0n) is 23.1. The van der Waals surface area contributed by atoms with Crippen LogP contribution in [0.4, 0.5) is 4.39 Å². The first-order chi connectivity index (χ1) is 19.2. The Morgan fingerprint density at radius 3 is 2.59 bits per heavy atom. The lowest BCUT2D eigenvalue weighted by molar-refractivity contribution is -0.122. The highest BCUT2D eigenvalue weighted by atomic mass is 32.1. The Hall–Kier alpha value is -3.80. The van der Waals surface area contributed by atoms with Gasteiger partial charge in [-0.3, -0.25) is 14.2 Å². The van der Waals surface area contributed by atoms with Gasteiger partial charge in [-0.1, -0.05) is 18.3 Å². The first kappa shape index (κ1) is 31.7. The van der Waals surface area contributed by atoms with Crippen LogP contribution in [0.3, 0.4) is 0 Å². The van der Waals surface area contributed by atoms with Crippen LogP contribution < -0.4 is 16.0 Å². The molecule has 0 radical (unpaired) electrons. The lowest BCUT2D eigenvalue weighted by Gasteiger charge is -2.23. The topological polar surface area (TPSA) is 134 Å². The molecule has 0 saturated carbocycles. The highest BCUT2D eigenvalue weighted by Gasteiger charge is 2.28. The predicted octanol–water partition coefficient (Wildman–Crippen LogP) is 3.98. The summed E-state index contributed by atoms with van der Waals surface area (Å²) in [7, 11) is 1.43. The van der Waals surface area contributed by atoms with Crippen LogP contribution in [0.1, 0.15) is 56.4 Å². The van der Waals surface area contributed by atoms with E-state index in [4.69, 9.17) is 14.7 Å². The van der Waals surface area contributed by atoms with Crippen molar-refractivity contribution < 1.29 is 18.7 Å². The summed E-state index contributed by atoms with van der Waals surface area (Å²) < 4.78 is 28.1. The Labute approximate surface area is 246 Å². The van der Waals surface area contributed by atoms with Crippen molar-refractivity contribution in [2.45, 2.75) is 58.7 Å². The van der Waals surface area contributed by atoms with E-state index in [1.165, 1.54) is 54.0 Å². The molecule has 3 aromatic heterocycles. The van der Waals surface area contributed by atoms with Gasteiger partial charge < -0.3 is 9.47 Å². The van der Waals surface area contributed by atoms with Crippen molar-refractivity contribution in [3.63, 3.8) is 0 Å². The fourth-order valence-electron chi connectivity index (χ4n) is 4.58. The number of benzene rings is 1. The van der Waals surface area contributed by atoms with E-state index in [1.54, 1.807) is 6.92 Å². The van der Waals surface area contributed by atoms with Gasteiger partial charge in [-0.15, -0.1) is 4.80 Å². The molecule has 0 bridgehead atoms. The van der Waals surface area contributed by atoms with E-state index in [9.17, 15) is 18.8 Å². The van der Waals surface area contributed by atoms with Crippen molar-refractivity contribution in [2.24, 2.45) is 0 Å². The number of ketones is 1. The van der Waals surface area contributed by atoms with Crippen LogP contribution in [-0.4, -0.2) is 43.6 Å². The lowest BCUT2D eigenvalue weighted by atomic mass is 10.1. The van der Waals surface area contributed by atoms with Gasteiger partial charge in [-0.05, 0) is 38.5 Å². The zero-order chi connectivity index (χ0) is 29.0. The molecule has 2 atom stereocenters. The molecule has 41 heavy (non-hydrogen) atoms. The summed E-state index contributed by atoms with van der Waals surface area (Å²) in [5.74, 6) is -0.454. The minimum atomic E-state index is -1.01. The number of thiophene rings is 1. The molecule has 0 aliphatic carbocycles. The third kappa shape index (κ3) is 6.27. The van der Waals surface area contributed by atoms with Crippen LogP contribution >= 0.6 is 24.8 Å². The van der Waals surface area contributed by atoms with Crippen molar-refractivity contribution in [1.82, 2.24) is 24.1 Å². The van der Waals surface area contributed by atoms with Gasteiger partial charge in [0.1, 0.15) is 27.5 Å². The van der Waals surface area contributed by atoms with Crippen LogP contribution in [-0.2, 0) is 16.1 Å². The second-order valence-corrected chi connectivity index (χ2v) is 10.1. The zero-order valence-corrected chi connectivity index (χ0v) is 24.9. The Bertz CT molecular complexity index is 1690. The second-order valence-electron chi connectivity index (χ2n) is 9.15. The summed E-state index contributed by atoms with van der Waals surface area (Å²) in [5, 5.41) is 18.2. The summed E-state index contributed by atoms with van der Waals surface area (Å²) >= 11 is 1.14. The summed E-state index contributed by atoms with van der Waals surface area (Å²) in [4.78, 5) is 42.4. The molecule has 0 spiro atoms. The number of nitriles is 1. The number of Topliss-reactive ketones (excluding diaryl/α,β-unsaturated/α-hetero) is 1. The summed E-state index contributed by atoms with van der Waals surface area (Å²) in [6.45, 7) is 4.96. The van der Waals surface area contributed by atoms with Gasteiger partial charge in [0.05, 0.1) is 56.6 Å². The standard InChI is InChI=1S/C27H29FN6O5S.H2S/c1-5-7-20(35)17(3)33-24(36)23-16(2)25(34-30-11-12-31-34)40-26(23)32(27(33)37)15-22(39-13-6-10-29)19-14-18(28)8-9-21(19)38-4;/h8-9,11-12,14,17,22H,5-7,13,15H2,1-4H3;1H2/t17-,22-;/m0./s1. The fourth-order valence-corrected chi connectivity index (χ4v) is 5.80. The van der Waals surface area contributed by atoms with Crippen LogP contribution in [0.25, 0.3) is 15.2 Å². The van der Waals surface area contributed by atoms with Crippen molar-refractivity contribution in [3.05, 3.63) is 68.4 Å². The number of ether oxygens (including phenoxy) is 2. The Morgan fingerprint density at radius 2 is 1.95 bits per heavy atom. The summed E-state index contributed by atoms with van der Waals surface area (Å²) in [6, 6.07) is 4.94. The van der Waals surface area contributed by atoms with Gasteiger partial charge in [0.25, 0.3) is 5.56 Å². The molecule has 0 aliphatic rings. The van der Waals surface area contributed by atoms with Crippen LogP contribution in [0.2, 0.25) is 0 Å². The van der Waals surface area contributed by atoms with Crippen molar-refractivity contribution >= 4 is 40.8 Å². The minimum absolute atomic E-state index is 0. The normalized spacial score (nSPS) is 12.5. The molecule has 14 heteroatoms. The maximum Gasteiger partial charge on any atom is 0.332 e. The molecule has 218 valence electrons. The SMILES string of the molecule is CCCC(=O)[C@H](C)n1c(=O)c2c(C)c(-n3nccn3)sc2n(C[C@H](OCCC#N)c2cc(F)ccc2OC)c1=O.S. The fraction of sp³-hybridized carbons (Fsp3) is 0.407. The molecule has 0 amide bonds. The number of carbonyl (C=O) groups excluding carboxylic acids is 1. The molecule has 11 nitrogen and oxygen atoms in total. The van der Waals surface area contributed by atoms with Gasteiger partial charge in [0.15, 0.2) is 5.78 Å². The number of aryl methyl sites for hydroxylation is 1. The Kier molecular flexibility index (Phi) is 10.6. The number of hydrogen-bond donors (Lipinski definition) is 0. The van der Waals surface area contributed by atoms with Crippen molar-refractivity contribution in [1.29, 1.82) is 5.26 Å². The van der Waals surface area contributed by atoms with Gasteiger partial charge >= 0.3 is 5.69 Å². The predicted molar refractivity (Wildman–Crippen MR) is 157 cm³/mol. The molecule has 0 unspecified atom stereocenters. The lowest BCUT2D eigenvalue weighted by Crippen LogP contribution is -2.44. The smallest absolute Gasteiger partial charge is 0.332 e. The number of fused-ring (bicyclic) bond motifs is 1. The molecule has 0 aliphatic heterocycles. The number of methoxy groups -OCH3 is 1. The van der Waals surface area contributed by atoms with Crippen LogP contribution in [0.15, 0.2) is 40.2 Å². The molecule has 4 rings (SSSR count). The van der Waals surface area contributed by atoms with E-state index in [2.05, 4.69) is 10.2 Å². The third-order valence-corrected chi connectivity index (χ3v) is 7.87. The summed E-state index contributed by atoms with van der Waals surface area (Å²) in [5.41, 5.74) is -0.426. The Balaban J connectivity index is 0.00000462. The van der Waals surface area contributed by atoms with Gasteiger partial charge in [0.2, 0.25) is 0 Å². The summed E-state index contributed by atoms with van der Waals surface area (Å²) in [6.07, 6.45) is 2.90. The monoisotopic (exact) mass is 602 g/mol. The molecule has 0 N–H and O–H groups in total. The first-order valence-corrected chi connectivity index (χ1v) is 13.5. The van der Waals surface area contributed by atoms with E-state index < -0.39 is 29.2 Å². The van der Waals surface area contributed by atoms with Gasteiger partial charge in [0, 0.05) is 17.5 Å². The maximum atomic E-state index is 14.4. The first-order valence-electron chi connectivity index (χ1n) is 12.7. The van der Waals surface area contributed by atoms with Crippen LogP contribution in [0, 0.1) is 24.1 Å². The molecule has 0 saturated heterocycles. The maximum absolute atomic E-state index is 14.4. The number of aromatic nitrogens is 5. The van der Waals surface area contributed by atoms with Crippen molar-refractivity contribution in [2.75, 3.05) is 13.7 Å². The third-order valence-electron chi connectivity index (χ3n) is 6.59. The number of halogens is 1. The second kappa shape index (κ2) is 13.7. The highest BCUT2D eigenvalue weighted by molar-refractivity contribution is 7.59. The number of hydrogen-bond acceptors (Lipinski definition) is 9. The molecular weight excluding hydrogens is 571 g/mol. The highest BCUT2D eigenvalue weighted by Crippen LogP contribution is 2.34. The van der Waals surface area contributed by atoms with Gasteiger partial charge in [-0.2, -0.15) is 29.0 Å². The van der Waals surface area contributed by atoms with E-state index in [1.807, 2.05) is 13.0 Å². The van der Waals surface area contributed by atoms with Crippen molar-refractivity contribution in [3.8, 4) is 16.8 Å². The molecule has 4 aromatic rings. The van der Waals surface area contributed by atoms with E-state index in [0.29, 0.717) is 33.1 Å². The minimum Gasteiger partial charge on any atom is -0.496 e. The number of carbonyl (C=O) groups is 1. The molecule has 3 heterocycles. The average molecular weight is 603 g/mol. The number of nitrogens with zero attached hydrogens (tertiary/aromatic N) is 6. The molecule has 0 fully saturated rings. The quantitative estimate of drug-likeness (QED) is 0.222. The Morgan fingerprint density at radius 1 is 1.24 bits per heavy atom. The van der Waals surface area contributed by atoms with E-state index in [0.717, 1.165) is 15.9 Å². The number of rotatable bonds is 12. The average Bonchev–Trinajstić information content (AvgIpc) is 3.58. The van der Waals surface area contributed by atoms with Gasteiger partial charge in [-0.25, -0.2) is 13.8 Å².